The van der Waals surface area contributed by atoms with Gasteiger partial charge in [0.15, 0.2) is 11.6 Å². The molecule has 6 aromatic carbocycles. The summed E-state index contributed by atoms with van der Waals surface area (Å²) in [5, 5.41) is 22.6. The number of hydrogen-bond donors (Lipinski definition) is 5. The zero-order valence-corrected chi connectivity index (χ0v) is 45.3. The molecule has 1 atom stereocenters. The molecule has 2 aromatic heterocycles. The van der Waals surface area contributed by atoms with E-state index >= 15 is 4.39 Å². The van der Waals surface area contributed by atoms with Crippen LogP contribution in [0, 0.1) is 51.9 Å². The Morgan fingerprint density at radius 3 is 1.24 bits per heavy atom. The Balaban J connectivity index is 0.000000278. The number of hydrogen-bond acceptors (Lipinski definition) is 8. The first-order valence-corrected chi connectivity index (χ1v) is 25.1. The van der Waals surface area contributed by atoms with Crippen molar-refractivity contribution < 1.29 is 109 Å². The number of benzene rings is 6. The fourth-order valence-corrected chi connectivity index (χ4v) is 9.29. The Morgan fingerprint density at radius 1 is 0.506 bits per heavy atom. The number of Topliss-reactive ketones (excluding diaryl/α,β-unsaturated/α-hetero) is 1. The molecule has 0 saturated carbocycles. The van der Waals surface area contributed by atoms with Crippen LogP contribution in [-0.2, 0) is 5.60 Å². The number of nitrogens with one attached hydrogen (secondary N) is 4. The second kappa shape index (κ2) is 27.6. The van der Waals surface area contributed by atoms with Crippen molar-refractivity contribution in [1.82, 2.24) is 0 Å². The molecular formula is C52H25Cl4F14LiN4O6S2. The molecule has 0 bridgehead atoms. The van der Waals surface area contributed by atoms with Gasteiger partial charge in [0.25, 0.3) is 29.4 Å². The Bertz CT molecular complexity index is 3660. The standard InChI is InChI=1S/C26H13Cl2F7N2O3S.C22H9Cl2F7N2O3.C4H3S.Li/c27-14-7-11(25(40,26(33,34)35)19-5-2-6-41-19)8-15(28)22(14)37-23(38)13-3-1-4-18(21(13)32)36-24(39)20-16(30)9-12(29)10-17(20)31;23-11-4-8(19(34)22(29,30)31)5-12(24)18(11)33-20(35)10-2-1-3-15(17(10)28)32-21(36)16-13(26)6-9(25)7-14(16)27;1-2-4-5-3-1;/h1-10,40H,(H,36,39)(H,37,38);1-7H,(H,32,36)(H,33,35);1-3H;/q;;-1;+1. The van der Waals surface area contributed by atoms with Gasteiger partial charge in [-0.1, -0.05) is 64.6 Å². The molecule has 5 N–H and O–H groups in total. The topological polar surface area (TPSA) is 154 Å². The number of amides is 4. The van der Waals surface area contributed by atoms with Crippen LogP contribution in [0.25, 0.3) is 0 Å². The van der Waals surface area contributed by atoms with Crippen LogP contribution in [0.1, 0.15) is 62.2 Å². The van der Waals surface area contributed by atoms with Crippen molar-refractivity contribution >= 4 is 121 Å². The maximum absolute atomic E-state index is 15.1. The summed E-state index contributed by atoms with van der Waals surface area (Å²) in [6.45, 7) is 0. The van der Waals surface area contributed by atoms with Crippen molar-refractivity contribution in [2.24, 2.45) is 0 Å². The van der Waals surface area contributed by atoms with Gasteiger partial charge in [-0.15, -0.1) is 16.7 Å². The summed E-state index contributed by atoms with van der Waals surface area (Å²) in [7, 11) is 0. The van der Waals surface area contributed by atoms with Gasteiger partial charge < -0.3 is 37.7 Å². The molecular weight excluding hydrogens is 1260 g/mol. The number of aliphatic hydroxyl groups is 1. The second-order valence-electron chi connectivity index (χ2n) is 16.0. The van der Waals surface area contributed by atoms with Gasteiger partial charge in [0, 0.05) is 40.3 Å². The van der Waals surface area contributed by atoms with Crippen LogP contribution < -0.4 is 40.1 Å². The zero-order chi connectivity index (χ0) is 60.8. The van der Waals surface area contributed by atoms with E-state index in [2.05, 4.69) is 16.0 Å². The number of anilines is 4. The van der Waals surface area contributed by atoms with Gasteiger partial charge in [-0.3, -0.25) is 24.0 Å². The minimum Gasteiger partial charge on any atom is -0.372 e. The van der Waals surface area contributed by atoms with Gasteiger partial charge in [-0.05, 0) is 60.0 Å². The molecule has 0 saturated heterocycles. The molecule has 83 heavy (non-hydrogen) atoms. The predicted molar refractivity (Wildman–Crippen MR) is 277 cm³/mol. The molecule has 0 spiro atoms. The number of rotatable bonds is 11. The Hall–Kier alpha value is -6.99. The SMILES string of the molecule is O=C(Nc1c(Cl)cc(C(=O)C(F)(F)F)cc1Cl)c1cccc(NC(=O)c2c(F)cc(F)cc2F)c1F.O=C(Nc1c(Cl)cc(C(O)(c2cccs2)C(F)(F)F)cc1Cl)c1cccc(NC(=O)c2c(F)cc(F)cc2F)c1F.[Li+].[c-]1cccs1. The van der Waals surface area contributed by atoms with Gasteiger partial charge in [-0.2, -0.15) is 37.8 Å². The third-order valence-corrected chi connectivity index (χ3v) is 13.4. The van der Waals surface area contributed by atoms with Crippen LogP contribution in [0.15, 0.2) is 120 Å². The molecule has 1 unspecified atom stereocenters. The van der Waals surface area contributed by atoms with E-state index in [0.29, 0.717) is 23.5 Å². The van der Waals surface area contributed by atoms with Crippen molar-refractivity contribution in [2.45, 2.75) is 18.0 Å². The number of carbonyl (C=O) groups excluding carboxylic acids is 5. The zero-order valence-electron chi connectivity index (χ0n) is 40.7. The number of alkyl halides is 6. The maximum atomic E-state index is 15.1. The van der Waals surface area contributed by atoms with E-state index in [1.807, 2.05) is 28.1 Å². The summed E-state index contributed by atoms with van der Waals surface area (Å²) in [4.78, 5) is 60.9. The van der Waals surface area contributed by atoms with E-state index in [1.54, 1.807) is 11.3 Å². The molecule has 0 fully saturated rings. The first kappa shape index (κ1) is 66.8. The fraction of sp³-hybridized carbons (Fsp3) is 0.0577. The summed E-state index contributed by atoms with van der Waals surface area (Å²) < 4.78 is 192. The molecule has 0 aliphatic heterocycles. The summed E-state index contributed by atoms with van der Waals surface area (Å²) in [5.41, 5.74) is -11.3. The average molecular weight is 1280 g/mol. The van der Waals surface area contributed by atoms with E-state index < -0.39 is 175 Å². The van der Waals surface area contributed by atoms with Crippen molar-refractivity contribution in [3.63, 3.8) is 0 Å². The molecule has 2 heterocycles. The quantitative estimate of drug-likeness (QED) is 0.0376. The second-order valence-corrected chi connectivity index (χ2v) is 19.3. The third kappa shape index (κ3) is 15.6. The van der Waals surface area contributed by atoms with Gasteiger partial charge in [0.05, 0.1) is 54.0 Å². The normalized spacial score (nSPS) is 11.8. The molecule has 8 aromatic rings. The van der Waals surface area contributed by atoms with E-state index in [4.69, 9.17) is 46.4 Å². The van der Waals surface area contributed by atoms with Gasteiger partial charge in [0.1, 0.15) is 46.0 Å². The number of thiophene rings is 2. The van der Waals surface area contributed by atoms with Crippen LogP contribution in [0.2, 0.25) is 20.1 Å². The van der Waals surface area contributed by atoms with Crippen molar-refractivity contribution in [1.29, 1.82) is 0 Å². The van der Waals surface area contributed by atoms with Crippen LogP contribution in [-0.4, -0.2) is 46.9 Å². The first-order chi connectivity index (χ1) is 38.3. The van der Waals surface area contributed by atoms with Crippen molar-refractivity contribution in [3.8, 4) is 0 Å². The Morgan fingerprint density at radius 2 is 0.916 bits per heavy atom. The largest absolute Gasteiger partial charge is 1.00 e. The van der Waals surface area contributed by atoms with E-state index in [9.17, 15) is 86.2 Å². The number of halogens is 18. The molecule has 0 radical (unpaired) electrons. The van der Waals surface area contributed by atoms with Crippen molar-refractivity contribution in [3.05, 3.63) is 230 Å². The smallest absolute Gasteiger partial charge is 0.372 e. The van der Waals surface area contributed by atoms with E-state index in [0.717, 1.165) is 54.6 Å². The Kier molecular flexibility index (Phi) is 22.2. The summed E-state index contributed by atoms with van der Waals surface area (Å²) in [5.74, 6) is -19.2. The summed E-state index contributed by atoms with van der Waals surface area (Å²) in [6.07, 6.45) is -10.4. The third-order valence-electron chi connectivity index (χ3n) is 10.6. The average Bonchev–Trinajstić information content (AvgIpc) is 4.17. The number of ketones is 1. The van der Waals surface area contributed by atoms with Gasteiger partial charge in [-0.25, -0.2) is 41.2 Å². The summed E-state index contributed by atoms with van der Waals surface area (Å²) in [6, 6.07) is 15.8. The van der Waals surface area contributed by atoms with E-state index in [-0.39, 0.29) is 43.1 Å². The first-order valence-electron chi connectivity index (χ1n) is 21.8. The van der Waals surface area contributed by atoms with E-state index in [1.165, 1.54) is 11.4 Å². The predicted octanol–water partition coefficient (Wildman–Crippen LogP) is 13.3. The fourth-order valence-electron chi connectivity index (χ4n) is 6.87. The van der Waals surface area contributed by atoms with Crippen LogP contribution in [0.3, 0.4) is 0 Å². The molecule has 8 rings (SSSR count). The monoisotopic (exact) mass is 1280 g/mol. The molecule has 0 aliphatic rings. The van der Waals surface area contributed by atoms with Crippen molar-refractivity contribution in [2.75, 3.05) is 21.3 Å². The van der Waals surface area contributed by atoms with Crippen LogP contribution in [0.5, 0.6) is 0 Å². The molecule has 4 amide bonds. The maximum Gasteiger partial charge on any atom is 1.00 e. The molecule has 10 nitrogen and oxygen atoms in total. The molecule has 31 heteroatoms. The summed E-state index contributed by atoms with van der Waals surface area (Å²) >= 11 is 26.1. The minimum atomic E-state index is -5.22. The minimum absolute atomic E-state index is 0. The molecule has 0 aliphatic carbocycles. The Labute approximate surface area is 497 Å². The van der Waals surface area contributed by atoms with Gasteiger partial charge in [0.2, 0.25) is 5.60 Å². The van der Waals surface area contributed by atoms with Crippen LogP contribution in [0.4, 0.5) is 84.2 Å². The number of carbonyl (C=O) groups is 5. The van der Waals surface area contributed by atoms with Gasteiger partial charge >= 0.3 is 31.2 Å². The molecule has 428 valence electrons. The van der Waals surface area contributed by atoms with Crippen LogP contribution >= 0.6 is 69.1 Å².